The van der Waals surface area contributed by atoms with E-state index in [1.54, 1.807) is 29.1 Å². The van der Waals surface area contributed by atoms with Crippen LogP contribution in [0.4, 0.5) is 0 Å². The van der Waals surface area contributed by atoms with Crippen LogP contribution in [-0.2, 0) is 21.1 Å². The molecule has 180 valence electrons. The van der Waals surface area contributed by atoms with Crippen LogP contribution >= 0.6 is 0 Å². The maximum atomic E-state index is 13.1. The van der Waals surface area contributed by atoms with Crippen molar-refractivity contribution in [2.24, 2.45) is 5.73 Å². The maximum Gasteiger partial charge on any atom is 0.274 e. The van der Waals surface area contributed by atoms with Crippen molar-refractivity contribution >= 4 is 26.5 Å². The molecule has 1 aliphatic rings. The van der Waals surface area contributed by atoms with Crippen LogP contribution in [0.15, 0.2) is 75.5 Å². The fraction of sp³-hybridized carbons (Fsp3) is 0.250. The Labute approximate surface area is 200 Å². The monoisotopic (exact) mass is 493 g/mol. The van der Waals surface area contributed by atoms with Crippen molar-refractivity contribution < 1.29 is 17.9 Å². The molecule has 35 heavy (non-hydrogen) atoms. The topological polar surface area (TPSA) is 139 Å². The lowest BCUT2D eigenvalue weighted by molar-refractivity contribution is -0.0397. The highest BCUT2D eigenvalue weighted by Gasteiger charge is 2.23. The molecule has 1 amide bonds. The molecule has 10 nitrogen and oxygen atoms in total. The van der Waals surface area contributed by atoms with Crippen molar-refractivity contribution in [3.05, 3.63) is 82.5 Å². The zero-order valence-corrected chi connectivity index (χ0v) is 19.5. The highest BCUT2D eigenvalue weighted by Crippen LogP contribution is 2.25. The first kappa shape index (κ1) is 22.9. The summed E-state index contributed by atoms with van der Waals surface area (Å²) in [6, 6.07) is 12.4. The predicted molar refractivity (Wildman–Crippen MR) is 127 cm³/mol. The number of aromatic nitrogens is 4. The Bertz CT molecular complexity index is 1570. The van der Waals surface area contributed by atoms with Gasteiger partial charge in [0.05, 0.1) is 39.2 Å². The van der Waals surface area contributed by atoms with Gasteiger partial charge in [-0.2, -0.15) is 10.2 Å². The highest BCUT2D eigenvalue weighted by molar-refractivity contribution is 7.91. The van der Waals surface area contributed by atoms with Gasteiger partial charge in [0.2, 0.25) is 9.84 Å². The number of carbonyl (C=O) groups is 1. The van der Waals surface area contributed by atoms with Crippen LogP contribution in [0, 0.1) is 0 Å². The molecule has 2 N–H and O–H groups in total. The van der Waals surface area contributed by atoms with Crippen molar-refractivity contribution in [3.63, 3.8) is 0 Å². The molecule has 1 atom stereocenters. The SMILES string of the molecule is NC(=O)c1cn(C2CCCCO2)nc1Cn1ncc2cc(S(=O)(=O)c3ccccc3)ccc2c1=O. The Morgan fingerprint density at radius 3 is 2.63 bits per heavy atom. The fourth-order valence-corrected chi connectivity index (χ4v) is 5.47. The lowest BCUT2D eigenvalue weighted by atomic mass is 10.2. The van der Waals surface area contributed by atoms with Gasteiger partial charge in [0, 0.05) is 18.2 Å². The van der Waals surface area contributed by atoms with Crippen LogP contribution < -0.4 is 11.3 Å². The number of fused-ring (bicyclic) bond motifs is 1. The molecule has 0 spiro atoms. The summed E-state index contributed by atoms with van der Waals surface area (Å²) in [7, 11) is -3.74. The third-order valence-electron chi connectivity index (χ3n) is 6.01. The van der Waals surface area contributed by atoms with Crippen LogP contribution in [0.25, 0.3) is 10.8 Å². The van der Waals surface area contributed by atoms with E-state index in [4.69, 9.17) is 10.5 Å². The van der Waals surface area contributed by atoms with Crippen molar-refractivity contribution in [2.45, 2.75) is 41.8 Å². The first-order valence-electron chi connectivity index (χ1n) is 11.1. The summed E-state index contributed by atoms with van der Waals surface area (Å²) in [4.78, 5) is 25.4. The van der Waals surface area contributed by atoms with Gasteiger partial charge in [0.25, 0.3) is 11.5 Å². The molecular formula is C24H23N5O5S. The molecule has 4 aromatic rings. The molecule has 11 heteroatoms. The number of sulfone groups is 1. The normalized spacial score (nSPS) is 16.4. The molecule has 1 aliphatic heterocycles. The summed E-state index contributed by atoms with van der Waals surface area (Å²) in [5.74, 6) is -0.661. The largest absolute Gasteiger partial charge is 0.365 e. The lowest BCUT2D eigenvalue weighted by Crippen LogP contribution is -2.25. The minimum atomic E-state index is -3.74. The van der Waals surface area contributed by atoms with Crippen molar-refractivity contribution in [2.75, 3.05) is 6.61 Å². The molecule has 3 heterocycles. The van der Waals surface area contributed by atoms with E-state index in [2.05, 4.69) is 10.2 Å². The Morgan fingerprint density at radius 2 is 1.91 bits per heavy atom. The van der Waals surface area contributed by atoms with Gasteiger partial charge in [-0.05, 0) is 49.6 Å². The van der Waals surface area contributed by atoms with Gasteiger partial charge in [-0.1, -0.05) is 18.2 Å². The van der Waals surface area contributed by atoms with Gasteiger partial charge >= 0.3 is 0 Å². The predicted octanol–water partition coefficient (Wildman–Crippen LogP) is 2.27. The van der Waals surface area contributed by atoms with Gasteiger partial charge < -0.3 is 10.5 Å². The average Bonchev–Trinajstić information content (AvgIpc) is 3.31. The standard InChI is InChI=1S/C24H23N5O5S/c25-23(30)20-14-28(22-8-4-5-11-34-22)27-21(20)15-29-24(31)19-10-9-18(12-16(19)13-26-29)35(32,33)17-6-2-1-3-7-17/h1-3,6-7,9-10,12-14,22H,4-5,8,11,15H2,(H2,25,30). The Hall–Kier alpha value is -3.83. The second kappa shape index (κ2) is 9.08. The quantitative estimate of drug-likeness (QED) is 0.435. The number of nitrogens with two attached hydrogens (primary N) is 1. The minimum absolute atomic E-state index is 0.0670. The van der Waals surface area contributed by atoms with Gasteiger partial charge in [-0.3, -0.25) is 9.59 Å². The summed E-state index contributed by atoms with van der Waals surface area (Å²) in [5.41, 5.74) is 5.61. The second-order valence-corrected chi connectivity index (χ2v) is 10.3. The molecule has 0 aliphatic carbocycles. The number of primary amides is 1. The number of nitrogens with zero attached hydrogens (tertiary/aromatic N) is 4. The van der Waals surface area contributed by atoms with Crippen molar-refractivity contribution in [1.82, 2.24) is 19.6 Å². The summed E-state index contributed by atoms with van der Waals surface area (Å²) < 4.78 is 34.3. The first-order chi connectivity index (χ1) is 16.8. The van der Waals surface area contributed by atoms with Crippen molar-refractivity contribution in [3.8, 4) is 0 Å². The van der Waals surface area contributed by atoms with E-state index in [-0.39, 0.29) is 28.1 Å². The number of hydrogen-bond acceptors (Lipinski definition) is 7. The second-order valence-electron chi connectivity index (χ2n) is 8.33. The van der Waals surface area contributed by atoms with Gasteiger partial charge in [0.15, 0.2) is 0 Å². The van der Waals surface area contributed by atoms with E-state index < -0.39 is 21.3 Å². The van der Waals surface area contributed by atoms with Gasteiger partial charge in [-0.15, -0.1) is 0 Å². The van der Waals surface area contributed by atoms with Crippen molar-refractivity contribution in [1.29, 1.82) is 0 Å². The molecular weight excluding hydrogens is 470 g/mol. The maximum absolute atomic E-state index is 13.1. The molecule has 1 fully saturated rings. The summed E-state index contributed by atoms with van der Waals surface area (Å²) in [6.45, 7) is 0.538. The molecule has 1 saturated heterocycles. The van der Waals surface area contributed by atoms with E-state index >= 15 is 0 Å². The number of benzene rings is 2. The van der Waals surface area contributed by atoms with E-state index in [1.165, 1.54) is 41.2 Å². The highest BCUT2D eigenvalue weighted by atomic mass is 32.2. The minimum Gasteiger partial charge on any atom is -0.365 e. The number of rotatable bonds is 6. The third kappa shape index (κ3) is 4.35. The Kier molecular flexibility index (Phi) is 5.95. The fourth-order valence-electron chi connectivity index (χ4n) is 4.15. The van der Waals surface area contributed by atoms with Crippen LogP contribution in [0.3, 0.4) is 0 Å². The zero-order valence-electron chi connectivity index (χ0n) is 18.7. The van der Waals surface area contributed by atoms with E-state index in [0.717, 1.165) is 19.3 Å². The third-order valence-corrected chi connectivity index (χ3v) is 7.78. The number of carbonyl (C=O) groups excluding carboxylic acids is 1. The Morgan fingerprint density at radius 1 is 1.11 bits per heavy atom. The molecule has 2 aromatic heterocycles. The van der Waals surface area contributed by atoms with Crippen LogP contribution in [-0.4, -0.2) is 40.5 Å². The summed E-state index contributed by atoms with van der Waals surface area (Å²) >= 11 is 0. The molecule has 5 rings (SSSR count). The van der Waals surface area contributed by atoms with E-state index in [9.17, 15) is 18.0 Å². The van der Waals surface area contributed by atoms with Gasteiger partial charge in [-0.25, -0.2) is 17.8 Å². The smallest absolute Gasteiger partial charge is 0.274 e. The number of amides is 1. The number of hydrogen-bond donors (Lipinski definition) is 1. The molecule has 0 bridgehead atoms. The molecule has 2 aromatic carbocycles. The molecule has 0 radical (unpaired) electrons. The molecule has 1 unspecified atom stereocenters. The van der Waals surface area contributed by atoms with Crippen LogP contribution in [0.5, 0.6) is 0 Å². The zero-order chi connectivity index (χ0) is 24.6. The van der Waals surface area contributed by atoms with Crippen LogP contribution in [0.2, 0.25) is 0 Å². The van der Waals surface area contributed by atoms with E-state index in [0.29, 0.717) is 23.1 Å². The molecule has 0 saturated carbocycles. The van der Waals surface area contributed by atoms with Crippen LogP contribution in [0.1, 0.15) is 41.5 Å². The average molecular weight is 494 g/mol. The summed E-state index contributed by atoms with van der Waals surface area (Å²) in [5, 5.41) is 9.34. The first-order valence-corrected chi connectivity index (χ1v) is 12.6. The number of ether oxygens (including phenoxy) is 1. The van der Waals surface area contributed by atoms with Gasteiger partial charge in [0.1, 0.15) is 6.23 Å². The van der Waals surface area contributed by atoms with E-state index in [1.807, 2.05) is 0 Å². The summed E-state index contributed by atoms with van der Waals surface area (Å²) in [6.07, 6.45) is 5.40. The Balaban J connectivity index is 1.49. The lowest BCUT2D eigenvalue weighted by Gasteiger charge is -2.22.